The van der Waals surface area contributed by atoms with E-state index in [-0.39, 0.29) is 17.8 Å². The largest absolute Gasteiger partial charge is 0.493 e. The van der Waals surface area contributed by atoms with Gasteiger partial charge in [0, 0.05) is 62.4 Å². The van der Waals surface area contributed by atoms with Crippen molar-refractivity contribution >= 4 is 46.9 Å². The highest BCUT2D eigenvalue weighted by Gasteiger charge is 2.45. The van der Waals surface area contributed by atoms with E-state index in [2.05, 4.69) is 4.90 Å². The van der Waals surface area contributed by atoms with E-state index in [1.165, 1.54) is 0 Å². The number of hydrogen-bond acceptors (Lipinski definition) is 7. The molecule has 6 rings (SSSR count). The van der Waals surface area contributed by atoms with Gasteiger partial charge in [0.15, 0.2) is 0 Å². The molecule has 0 aromatic heterocycles. The monoisotopic (exact) mass is 790 g/mol. The molecule has 3 aliphatic rings. The normalized spacial score (nSPS) is 19.3. The maximum absolute atomic E-state index is 15.1. The van der Waals surface area contributed by atoms with Gasteiger partial charge in [0.1, 0.15) is 17.6 Å². The fraction of sp³-hybridized carbons (Fsp3) is 0.476. The van der Waals surface area contributed by atoms with Gasteiger partial charge in [-0.15, -0.1) is 0 Å². The Morgan fingerprint density at radius 2 is 1.42 bits per heavy atom. The molecule has 0 bridgehead atoms. The molecule has 3 heterocycles. The molecule has 4 amide bonds. The Balaban J connectivity index is 1.39. The summed E-state index contributed by atoms with van der Waals surface area (Å²) in [5, 5.41) is 1.19. The van der Waals surface area contributed by atoms with Gasteiger partial charge >= 0.3 is 6.03 Å². The van der Waals surface area contributed by atoms with Gasteiger partial charge in [-0.1, -0.05) is 53.5 Å². The first-order valence-electron chi connectivity index (χ1n) is 19.3. The molecule has 55 heavy (non-hydrogen) atoms. The van der Waals surface area contributed by atoms with Crippen LogP contribution in [0.3, 0.4) is 0 Å². The number of urea groups is 1. The van der Waals surface area contributed by atoms with Crippen molar-refractivity contribution in [3.63, 3.8) is 0 Å². The fourth-order valence-corrected chi connectivity index (χ4v) is 7.86. The van der Waals surface area contributed by atoms with Gasteiger partial charge in [0.25, 0.3) is 0 Å². The summed E-state index contributed by atoms with van der Waals surface area (Å²) in [6, 6.07) is 19.7. The van der Waals surface area contributed by atoms with E-state index in [0.29, 0.717) is 106 Å². The number of aliphatic imine (C=N–C) groups is 1. The van der Waals surface area contributed by atoms with Crippen LogP contribution in [0.2, 0.25) is 10.0 Å². The fourth-order valence-electron chi connectivity index (χ4n) is 7.61. The number of rotatable bonds is 11. The van der Waals surface area contributed by atoms with Crippen LogP contribution < -0.4 is 4.74 Å². The van der Waals surface area contributed by atoms with Gasteiger partial charge in [0.2, 0.25) is 11.8 Å². The van der Waals surface area contributed by atoms with Crippen molar-refractivity contribution in [2.75, 3.05) is 78.7 Å². The number of amidine groups is 1. The topological polar surface area (TPSA) is 98.2 Å². The third kappa shape index (κ3) is 8.80. The number of halogens is 2. The van der Waals surface area contributed by atoms with Crippen LogP contribution >= 0.6 is 23.2 Å². The van der Waals surface area contributed by atoms with Crippen LogP contribution in [0.4, 0.5) is 4.79 Å². The smallest absolute Gasteiger partial charge is 0.326 e. The maximum atomic E-state index is 15.1. The molecule has 0 aliphatic carbocycles. The molecule has 3 aromatic carbocycles. The van der Waals surface area contributed by atoms with Crippen LogP contribution in [0.15, 0.2) is 71.7 Å². The molecule has 0 spiro atoms. The molecule has 0 unspecified atom stereocenters. The predicted molar refractivity (Wildman–Crippen MR) is 216 cm³/mol. The van der Waals surface area contributed by atoms with E-state index >= 15 is 4.79 Å². The minimum atomic E-state index is -0.829. The van der Waals surface area contributed by atoms with Crippen LogP contribution in [0.1, 0.15) is 69.0 Å². The summed E-state index contributed by atoms with van der Waals surface area (Å²) in [5.74, 6) is 1.12. The SMILES string of the molecule is CCOc1cc(C(C)(C)C(=O)N(CC)CC)ccc1C1=N[C@@H](c2ccc(Cl)cc2)[C@@H](c2ccc(Cl)cc2)N1C(=O)N1CCN(CC(=O)N2CCOCC2)CC1. The zero-order valence-corrected chi connectivity index (χ0v) is 34.0. The summed E-state index contributed by atoms with van der Waals surface area (Å²) in [6.07, 6.45) is 0. The van der Waals surface area contributed by atoms with E-state index in [1.54, 1.807) is 4.90 Å². The van der Waals surface area contributed by atoms with E-state index in [9.17, 15) is 9.59 Å². The van der Waals surface area contributed by atoms with Gasteiger partial charge in [-0.3, -0.25) is 24.4 Å². The van der Waals surface area contributed by atoms with Gasteiger partial charge < -0.3 is 24.2 Å². The number of amides is 4. The average molecular weight is 792 g/mol. The first-order valence-corrected chi connectivity index (χ1v) is 20.0. The molecule has 11 nitrogen and oxygen atoms in total. The Labute approximate surface area is 334 Å². The lowest BCUT2D eigenvalue weighted by Crippen LogP contribution is -2.56. The number of ether oxygens (including phenoxy) is 2. The summed E-state index contributed by atoms with van der Waals surface area (Å²) in [5.41, 5.74) is 2.38. The zero-order chi connectivity index (χ0) is 39.3. The number of nitrogens with zero attached hydrogens (tertiary/aromatic N) is 6. The average Bonchev–Trinajstić information content (AvgIpc) is 3.59. The van der Waals surface area contributed by atoms with Crippen LogP contribution in [-0.2, 0) is 19.7 Å². The van der Waals surface area contributed by atoms with Crippen molar-refractivity contribution in [1.82, 2.24) is 24.5 Å². The highest BCUT2D eigenvalue weighted by molar-refractivity contribution is 6.30. The number of carbonyl (C=O) groups is 3. The van der Waals surface area contributed by atoms with Crippen molar-refractivity contribution in [1.29, 1.82) is 0 Å². The molecule has 3 aromatic rings. The molecule has 2 atom stereocenters. The Morgan fingerprint density at radius 3 is 2.00 bits per heavy atom. The Kier molecular flexibility index (Phi) is 13.1. The van der Waals surface area contributed by atoms with E-state index in [1.807, 2.05) is 116 Å². The second-order valence-electron chi connectivity index (χ2n) is 14.6. The molecule has 0 N–H and O–H groups in total. The van der Waals surface area contributed by atoms with E-state index < -0.39 is 17.5 Å². The van der Waals surface area contributed by atoms with Crippen molar-refractivity contribution in [2.24, 2.45) is 4.99 Å². The summed E-state index contributed by atoms with van der Waals surface area (Å²) in [4.78, 5) is 56.7. The minimum Gasteiger partial charge on any atom is -0.493 e. The van der Waals surface area contributed by atoms with E-state index in [0.717, 1.165) is 16.7 Å². The van der Waals surface area contributed by atoms with Crippen LogP contribution in [0.25, 0.3) is 0 Å². The summed E-state index contributed by atoms with van der Waals surface area (Å²) in [7, 11) is 0. The van der Waals surface area contributed by atoms with Crippen molar-refractivity contribution < 1.29 is 23.9 Å². The lowest BCUT2D eigenvalue weighted by Gasteiger charge is -2.39. The van der Waals surface area contributed by atoms with E-state index in [4.69, 9.17) is 37.7 Å². The van der Waals surface area contributed by atoms with Crippen LogP contribution in [0.5, 0.6) is 5.75 Å². The van der Waals surface area contributed by atoms with Crippen LogP contribution in [-0.4, -0.2) is 127 Å². The number of morpholine rings is 1. The highest BCUT2D eigenvalue weighted by Crippen LogP contribution is 2.46. The van der Waals surface area contributed by atoms with Gasteiger partial charge in [-0.2, -0.15) is 0 Å². The lowest BCUT2D eigenvalue weighted by molar-refractivity contribution is -0.137. The minimum absolute atomic E-state index is 0.0269. The number of likely N-dealkylation sites (N-methyl/N-ethyl adjacent to an activating group) is 1. The predicted octanol–water partition coefficient (Wildman–Crippen LogP) is 6.68. The molecular weight excluding hydrogens is 739 g/mol. The second kappa shape index (κ2) is 17.7. The standard InChI is InChI=1S/C42H52Cl2N6O5/c1-6-47(7-2)40(52)42(4,5)31-13-18-34(35(27-31)55-8-3)39-45-37(29-9-14-32(43)15-10-29)38(30-11-16-33(44)17-12-30)50(39)41(53)49-21-19-46(20-22-49)28-36(51)48-23-25-54-26-24-48/h9-18,27,37-38H,6-8,19-26,28H2,1-5H3/t37-,38+/m0/s1. The van der Waals surface area contributed by atoms with Gasteiger partial charge in [-0.05, 0) is 87.7 Å². The van der Waals surface area contributed by atoms with Crippen LogP contribution in [0, 0.1) is 0 Å². The highest BCUT2D eigenvalue weighted by atomic mass is 35.5. The number of piperazine rings is 1. The summed E-state index contributed by atoms with van der Waals surface area (Å²) in [6.45, 7) is 16.0. The van der Waals surface area contributed by atoms with Crippen molar-refractivity contribution in [3.05, 3.63) is 99.0 Å². The number of benzene rings is 3. The molecule has 2 saturated heterocycles. The molecule has 0 radical (unpaired) electrons. The van der Waals surface area contributed by atoms with Crippen molar-refractivity contribution in [3.8, 4) is 5.75 Å². The second-order valence-corrected chi connectivity index (χ2v) is 15.5. The Morgan fingerprint density at radius 1 is 0.818 bits per heavy atom. The first-order chi connectivity index (χ1) is 26.5. The summed E-state index contributed by atoms with van der Waals surface area (Å²) >= 11 is 12.7. The third-order valence-electron chi connectivity index (χ3n) is 10.9. The third-order valence-corrected chi connectivity index (χ3v) is 11.4. The number of hydrogen-bond donors (Lipinski definition) is 0. The molecule has 2 fully saturated rings. The summed E-state index contributed by atoms with van der Waals surface area (Å²) < 4.78 is 11.7. The van der Waals surface area contributed by atoms with Gasteiger partial charge in [-0.25, -0.2) is 4.79 Å². The molecular formula is C42H52Cl2N6O5. The first kappa shape index (κ1) is 40.5. The Hall–Kier alpha value is -4.16. The lowest BCUT2D eigenvalue weighted by atomic mass is 9.82. The quantitative estimate of drug-likeness (QED) is 0.215. The zero-order valence-electron chi connectivity index (χ0n) is 32.5. The molecule has 294 valence electrons. The molecule has 3 aliphatic heterocycles. The van der Waals surface area contributed by atoms with Crippen molar-refractivity contribution in [2.45, 2.75) is 52.1 Å². The maximum Gasteiger partial charge on any atom is 0.326 e. The van der Waals surface area contributed by atoms with Gasteiger partial charge in [0.05, 0.1) is 43.4 Å². The number of carbonyl (C=O) groups excluding carboxylic acids is 3. The Bertz CT molecular complexity index is 1850. The molecule has 0 saturated carbocycles. The molecule has 13 heteroatoms.